The van der Waals surface area contributed by atoms with Crippen LogP contribution in [-0.4, -0.2) is 21.7 Å². The average molecular weight is 232 g/mol. The van der Waals surface area contributed by atoms with E-state index < -0.39 is 0 Å². The summed E-state index contributed by atoms with van der Waals surface area (Å²) >= 11 is 0. The number of hydrogen-bond donors (Lipinski definition) is 1. The van der Waals surface area contributed by atoms with Crippen molar-refractivity contribution in [3.63, 3.8) is 0 Å². The Hall–Kier alpha value is -1.75. The van der Waals surface area contributed by atoms with Gasteiger partial charge in [-0.2, -0.15) is 4.98 Å². The van der Waals surface area contributed by atoms with Gasteiger partial charge in [0, 0.05) is 6.20 Å². The lowest BCUT2D eigenvalue weighted by atomic mass is 10.1. The minimum absolute atomic E-state index is 0.565. The predicted molar refractivity (Wildman–Crippen MR) is 64.3 cm³/mol. The number of pyridine rings is 1. The van der Waals surface area contributed by atoms with Gasteiger partial charge < -0.3 is 9.84 Å². The van der Waals surface area contributed by atoms with Crippen molar-refractivity contribution in [3.8, 4) is 11.5 Å². The second-order valence-electron chi connectivity index (χ2n) is 3.66. The second-order valence-corrected chi connectivity index (χ2v) is 3.66. The fourth-order valence-electron chi connectivity index (χ4n) is 1.58. The zero-order valence-corrected chi connectivity index (χ0v) is 10.1. The summed E-state index contributed by atoms with van der Waals surface area (Å²) < 4.78 is 5.16. The third-order valence-corrected chi connectivity index (χ3v) is 2.48. The minimum atomic E-state index is 0.565. The van der Waals surface area contributed by atoms with Crippen LogP contribution in [0.25, 0.3) is 11.5 Å². The summed E-state index contributed by atoms with van der Waals surface area (Å²) in [6.07, 6.45) is 2.65. The maximum Gasteiger partial charge on any atom is 0.240 e. The molecule has 0 aromatic carbocycles. The van der Waals surface area contributed by atoms with Crippen molar-refractivity contribution in [2.24, 2.45) is 0 Å². The zero-order chi connectivity index (χ0) is 12.1. The Bertz CT molecular complexity index is 481. The van der Waals surface area contributed by atoms with Crippen LogP contribution >= 0.6 is 0 Å². The largest absolute Gasteiger partial charge is 0.337 e. The van der Waals surface area contributed by atoms with Crippen molar-refractivity contribution in [3.05, 3.63) is 29.8 Å². The molecule has 0 atom stereocenters. The topological polar surface area (TPSA) is 63.8 Å². The first-order chi connectivity index (χ1) is 8.35. The van der Waals surface area contributed by atoms with E-state index in [0.717, 1.165) is 24.2 Å². The molecule has 0 aliphatic carbocycles. The molecule has 0 saturated heterocycles. The van der Waals surface area contributed by atoms with Crippen LogP contribution in [0, 0.1) is 0 Å². The highest BCUT2D eigenvalue weighted by Gasteiger charge is 2.12. The molecule has 5 nitrogen and oxygen atoms in total. The van der Waals surface area contributed by atoms with E-state index in [-0.39, 0.29) is 0 Å². The molecule has 2 rings (SSSR count). The normalized spacial score (nSPS) is 10.7. The lowest BCUT2D eigenvalue weighted by Gasteiger charge is -2.00. The Labute approximate surface area is 100 Å². The van der Waals surface area contributed by atoms with E-state index in [1.165, 1.54) is 0 Å². The third-order valence-electron chi connectivity index (χ3n) is 2.48. The summed E-state index contributed by atoms with van der Waals surface area (Å²) in [5.41, 5.74) is 1.93. The molecule has 17 heavy (non-hydrogen) atoms. The highest BCUT2D eigenvalue weighted by Crippen LogP contribution is 2.18. The van der Waals surface area contributed by atoms with E-state index in [1.807, 2.05) is 19.1 Å². The highest BCUT2D eigenvalue weighted by molar-refractivity contribution is 5.53. The Morgan fingerprint density at radius 2 is 2.24 bits per heavy atom. The van der Waals surface area contributed by atoms with E-state index in [1.54, 1.807) is 6.20 Å². The molecule has 0 saturated carbocycles. The molecule has 1 N–H and O–H groups in total. The SMILES string of the molecule is CCNCc1nc(-c2ncccc2CC)no1. The molecule has 2 aromatic rings. The molecular weight excluding hydrogens is 216 g/mol. The molecule has 0 amide bonds. The highest BCUT2D eigenvalue weighted by atomic mass is 16.5. The molecule has 5 heteroatoms. The maximum atomic E-state index is 5.16. The van der Waals surface area contributed by atoms with E-state index in [4.69, 9.17) is 4.52 Å². The summed E-state index contributed by atoms with van der Waals surface area (Å²) in [7, 11) is 0. The molecular formula is C12H16N4O. The van der Waals surface area contributed by atoms with Crippen molar-refractivity contribution in [2.45, 2.75) is 26.8 Å². The van der Waals surface area contributed by atoms with Gasteiger partial charge in [-0.15, -0.1) is 0 Å². The molecule has 0 aliphatic heterocycles. The van der Waals surface area contributed by atoms with Gasteiger partial charge in [-0.25, -0.2) is 0 Å². The summed E-state index contributed by atoms with van der Waals surface area (Å²) in [6, 6.07) is 3.95. The molecule has 0 radical (unpaired) electrons. The Balaban J connectivity index is 2.24. The van der Waals surface area contributed by atoms with Gasteiger partial charge in [-0.1, -0.05) is 25.1 Å². The first-order valence-corrected chi connectivity index (χ1v) is 5.82. The fraction of sp³-hybridized carbons (Fsp3) is 0.417. The van der Waals surface area contributed by atoms with Crippen molar-refractivity contribution in [2.75, 3.05) is 6.54 Å². The summed E-state index contributed by atoms with van der Waals surface area (Å²) in [5, 5.41) is 7.10. The van der Waals surface area contributed by atoms with Crippen LogP contribution in [0.5, 0.6) is 0 Å². The van der Waals surface area contributed by atoms with Crippen LogP contribution in [-0.2, 0) is 13.0 Å². The van der Waals surface area contributed by atoms with Gasteiger partial charge in [0.05, 0.1) is 6.54 Å². The van der Waals surface area contributed by atoms with Gasteiger partial charge in [0.25, 0.3) is 0 Å². The molecule has 2 aromatic heterocycles. The number of aromatic nitrogens is 3. The number of nitrogens with zero attached hydrogens (tertiary/aromatic N) is 3. The van der Waals surface area contributed by atoms with Crippen LogP contribution in [0.4, 0.5) is 0 Å². The molecule has 0 spiro atoms. The van der Waals surface area contributed by atoms with Crippen molar-refractivity contribution in [1.82, 2.24) is 20.4 Å². The summed E-state index contributed by atoms with van der Waals surface area (Å²) in [5.74, 6) is 1.16. The third kappa shape index (κ3) is 2.68. The summed E-state index contributed by atoms with van der Waals surface area (Å²) in [6.45, 7) is 5.59. The number of hydrogen-bond acceptors (Lipinski definition) is 5. The van der Waals surface area contributed by atoms with E-state index >= 15 is 0 Å². The van der Waals surface area contributed by atoms with Gasteiger partial charge in [-0.3, -0.25) is 4.98 Å². The zero-order valence-electron chi connectivity index (χ0n) is 10.1. The molecule has 2 heterocycles. The lowest BCUT2D eigenvalue weighted by Crippen LogP contribution is -2.11. The Kier molecular flexibility index (Phi) is 3.82. The molecule has 0 unspecified atom stereocenters. The summed E-state index contributed by atoms with van der Waals surface area (Å²) in [4.78, 5) is 8.63. The van der Waals surface area contributed by atoms with E-state index in [9.17, 15) is 0 Å². The molecule has 90 valence electrons. The van der Waals surface area contributed by atoms with Crippen molar-refractivity contribution < 1.29 is 4.52 Å². The first-order valence-electron chi connectivity index (χ1n) is 5.82. The Morgan fingerprint density at radius 1 is 1.35 bits per heavy atom. The molecule has 0 fully saturated rings. The van der Waals surface area contributed by atoms with Crippen LogP contribution in [0.1, 0.15) is 25.3 Å². The number of nitrogens with one attached hydrogen (secondary N) is 1. The van der Waals surface area contributed by atoms with Crippen molar-refractivity contribution >= 4 is 0 Å². The second kappa shape index (κ2) is 5.54. The maximum absolute atomic E-state index is 5.16. The quantitative estimate of drug-likeness (QED) is 0.851. The monoisotopic (exact) mass is 232 g/mol. The number of rotatable bonds is 5. The number of aryl methyl sites for hydroxylation is 1. The standard InChI is InChI=1S/C12H16N4O/c1-3-9-6-5-7-14-11(9)12-15-10(17-16-12)8-13-4-2/h5-7,13H,3-4,8H2,1-2H3. The van der Waals surface area contributed by atoms with Crippen LogP contribution < -0.4 is 5.32 Å². The van der Waals surface area contributed by atoms with Gasteiger partial charge in [0.15, 0.2) is 0 Å². The van der Waals surface area contributed by atoms with Crippen LogP contribution in [0.2, 0.25) is 0 Å². The van der Waals surface area contributed by atoms with Crippen LogP contribution in [0.3, 0.4) is 0 Å². The predicted octanol–water partition coefficient (Wildman–Crippen LogP) is 1.80. The van der Waals surface area contributed by atoms with Crippen LogP contribution in [0.15, 0.2) is 22.9 Å². The van der Waals surface area contributed by atoms with E-state index in [0.29, 0.717) is 18.3 Å². The lowest BCUT2D eigenvalue weighted by molar-refractivity contribution is 0.369. The van der Waals surface area contributed by atoms with Gasteiger partial charge in [0.1, 0.15) is 5.69 Å². The molecule has 0 bridgehead atoms. The van der Waals surface area contributed by atoms with Gasteiger partial charge in [0.2, 0.25) is 11.7 Å². The minimum Gasteiger partial charge on any atom is -0.337 e. The first kappa shape index (κ1) is 11.7. The molecule has 0 aliphatic rings. The van der Waals surface area contributed by atoms with Crippen molar-refractivity contribution in [1.29, 1.82) is 0 Å². The Morgan fingerprint density at radius 3 is 3.00 bits per heavy atom. The average Bonchev–Trinajstić information content (AvgIpc) is 2.85. The van der Waals surface area contributed by atoms with Gasteiger partial charge in [-0.05, 0) is 24.6 Å². The van der Waals surface area contributed by atoms with E-state index in [2.05, 4.69) is 27.4 Å². The van der Waals surface area contributed by atoms with Gasteiger partial charge >= 0.3 is 0 Å². The fourth-order valence-corrected chi connectivity index (χ4v) is 1.58. The smallest absolute Gasteiger partial charge is 0.240 e.